The predicted octanol–water partition coefficient (Wildman–Crippen LogP) is 1.14. The summed E-state index contributed by atoms with van der Waals surface area (Å²) >= 11 is 1.81. The lowest BCUT2D eigenvalue weighted by Crippen LogP contribution is -2.41. The van der Waals surface area contributed by atoms with Crippen LogP contribution in [0.5, 0.6) is 0 Å². The number of carbonyl (C=O) groups excluding carboxylic acids is 1. The molecule has 1 aliphatic rings. The number of hydrogen-bond acceptors (Lipinski definition) is 4. The molecule has 0 aromatic rings. The van der Waals surface area contributed by atoms with E-state index >= 15 is 0 Å². The van der Waals surface area contributed by atoms with Gasteiger partial charge in [-0.05, 0) is 25.0 Å². The number of carbonyl (C=O) groups is 1. The number of rotatable bonds is 9. The Morgan fingerprint density at radius 1 is 1.22 bits per heavy atom. The quantitative estimate of drug-likeness (QED) is 0.552. The maximum absolute atomic E-state index is 11.6. The van der Waals surface area contributed by atoms with Crippen LogP contribution in [0, 0.1) is 0 Å². The lowest BCUT2D eigenvalue weighted by Gasteiger charge is -2.22. The molecular weight excluding hydrogens is 248 g/mol. The molecule has 0 aliphatic heterocycles. The summed E-state index contributed by atoms with van der Waals surface area (Å²) in [7, 11) is 0. The zero-order valence-corrected chi connectivity index (χ0v) is 11.9. The third-order valence-corrected chi connectivity index (χ3v) is 4.20. The van der Waals surface area contributed by atoms with Crippen molar-refractivity contribution in [2.45, 2.75) is 44.6 Å². The molecule has 1 saturated carbocycles. The molecular formula is C13H26N2O2S. The summed E-state index contributed by atoms with van der Waals surface area (Å²) in [5.74, 6) is 2.12. The van der Waals surface area contributed by atoms with Crippen LogP contribution >= 0.6 is 11.8 Å². The van der Waals surface area contributed by atoms with Gasteiger partial charge in [-0.2, -0.15) is 11.8 Å². The number of thioether (sulfide) groups is 1. The van der Waals surface area contributed by atoms with E-state index in [0.717, 1.165) is 37.3 Å². The molecule has 3 N–H and O–H groups in total. The molecule has 5 heteroatoms. The largest absolute Gasteiger partial charge is 0.396 e. The SMILES string of the molecule is O=C(CNCCSCCCO)NC1CCCCC1. The van der Waals surface area contributed by atoms with Crippen LogP contribution in [0.4, 0.5) is 0 Å². The molecule has 1 rings (SSSR count). The summed E-state index contributed by atoms with van der Waals surface area (Å²) in [5.41, 5.74) is 0. The highest BCUT2D eigenvalue weighted by Gasteiger charge is 2.14. The van der Waals surface area contributed by atoms with Crippen molar-refractivity contribution in [3.8, 4) is 0 Å². The Kier molecular flexibility index (Phi) is 9.34. The summed E-state index contributed by atoms with van der Waals surface area (Å²) in [6.07, 6.45) is 6.95. The van der Waals surface area contributed by atoms with E-state index in [-0.39, 0.29) is 12.5 Å². The lowest BCUT2D eigenvalue weighted by atomic mass is 9.95. The van der Waals surface area contributed by atoms with Crippen LogP contribution < -0.4 is 10.6 Å². The van der Waals surface area contributed by atoms with Crippen molar-refractivity contribution in [3.63, 3.8) is 0 Å². The minimum absolute atomic E-state index is 0.127. The fourth-order valence-corrected chi connectivity index (χ4v) is 2.97. The molecule has 1 fully saturated rings. The first-order valence-corrected chi connectivity index (χ1v) is 8.17. The zero-order valence-electron chi connectivity index (χ0n) is 11.1. The van der Waals surface area contributed by atoms with E-state index in [0.29, 0.717) is 12.6 Å². The molecule has 0 unspecified atom stereocenters. The average molecular weight is 274 g/mol. The Morgan fingerprint density at radius 2 is 2.00 bits per heavy atom. The van der Waals surface area contributed by atoms with E-state index in [2.05, 4.69) is 10.6 Å². The summed E-state index contributed by atoms with van der Waals surface area (Å²) in [4.78, 5) is 11.6. The van der Waals surface area contributed by atoms with Crippen LogP contribution in [0.3, 0.4) is 0 Å². The van der Waals surface area contributed by atoms with Gasteiger partial charge in [0.1, 0.15) is 0 Å². The van der Waals surface area contributed by atoms with Crippen LogP contribution in [0.25, 0.3) is 0 Å². The maximum atomic E-state index is 11.6. The summed E-state index contributed by atoms with van der Waals surface area (Å²) in [6.45, 7) is 1.55. The van der Waals surface area contributed by atoms with Gasteiger partial charge in [0.2, 0.25) is 5.91 Å². The lowest BCUT2D eigenvalue weighted by molar-refractivity contribution is -0.121. The standard InChI is InChI=1S/C13H26N2O2S/c16-8-4-9-18-10-7-14-11-13(17)15-12-5-2-1-3-6-12/h12,14,16H,1-11H2,(H,15,17). The Bertz CT molecular complexity index is 221. The van der Waals surface area contributed by atoms with Crippen LogP contribution in [-0.4, -0.2) is 48.3 Å². The topological polar surface area (TPSA) is 61.4 Å². The van der Waals surface area contributed by atoms with Crippen LogP contribution in [0.2, 0.25) is 0 Å². The Labute approximate surface area is 114 Å². The second-order valence-corrected chi connectivity index (χ2v) is 5.99. The number of amides is 1. The predicted molar refractivity (Wildman–Crippen MR) is 76.9 cm³/mol. The zero-order chi connectivity index (χ0) is 13.1. The van der Waals surface area contributed by atoms with Gasteiger partial charge in [0, 0.05) is 24.9 Å². The highest BCUT2D eigenvalue weighted by Crippen LogP contribution is 2.16. The third kappa shape index (κ3) is 7.95. The monoisotopic (exact) mass is 274 g/mol. The van der Waals surface area contributed by atoms with E-state index in [4.69, 9.17) is 5.11 Å². The van der Waals surface area contributed by atoms with Gasteiger partial charge >= 0.3 is 0 Å². The molecule has 4 nitrogen and oxygen atoms in total. The van der Waals surface area contributed by atoms with E-state index in [1.807, 2.05) is 11.8 Å². The molecule has 0 spiro atoms. The normalized spacial score (nSPS) is 16.7. The molecule has 0 atom stereocenters. The first-order valence-electron chi connectivity index (χ1n) is 7.01. The molecule has 1 aliphatic carbocycles. The summed E-state index contributed by atoms with van der Waals surface area (Å²) < 4.78 is 0. The van der Waals surface area contributed by atoms with Gasteiger partial charge in [0.05, 0.1) is 6.54 Å². The van der Waals surface area contributed by atoms with Gasteiger partial charge in [0.25, 0.3) is 0 Å². The number of aliphatic hydroxyl groups is 1. The fourth-order valence-electron chi connectivity index (χ4n) is 2.14. The van der Waals surface area contributed by atoms with Crippen molar-refractivity contribution in [1.82, 2.24) is 10.6 Å². The molecule has 0 radical (unpaired) electrons. The number of nitrogens with one attached hydrogen (secondary N) is 2. The van der Waals surface area contributed by atoms with Crippen molar-refractivity contribution >= 4 is 17.7 Å². The second kappa shape index (κ2) is 10.6. The summed E-state index contributed by atoms with van der Waals surface area (Å²) in [5, 5.41) is 14.9. The Hall–Kier alpha value is -0.260. The number of aliphatic hydroxyl groups excluding tert-OH is 1. The average Bonchev–Trinajstić information content (AvgIpc) is 2.39. The molecule has 0 aromatic heterocycles. The van der Waals surface area contributed by atoms with Crippen LogP contribution in [-0.2, 0) is 4.79 Å². The van der Waals surface area contributed by atoms with E-state index in [9.17, 15) is 4.79 Å². The van der Waals surface area contributed by atoms with Gasteiger partial charge in [-0.3, -0.25) is 4.79 Å². The number of hydrogen-bond donors (Lipinski definition) is 3. The highest BCUT2D eigenvalue weighted by molar-refractivity contribution is 7.99. The maximum Gasteiger partial charge on any atom is 0.234 e. The molecule has 1 amide bonds. The minimum Gasteiger partial charge on any atom is -0.396 e. The highest BCUT2D eigenvalue weighted by atomic mass is 32.2. The van der Waals surface area contributed by atoms with Gasteiger partial charge < -0.3 is 15.7 Å². The van der Waals surface area contributed by atoms with Gasteiger partial charge in [-0.25, -0.2) is 0 Å². The smallest absolute Gasteiger partial charge is 0.234 e. The fraction of sp³-hybridized carbons (Fsp3) is 0.923. The van der Waals surface area contributed by atoms with E-state index in [1.165, 1.54) is 19.3 Å². The van der Waals surface area contributed by atoms with Crippen molar-refractivity contribution < 1.29 is 9.90 Å². The van der Waals surface area contributed by atoms with Crippen LogP contribution in [0.1, 0.15) is 38.5 Å². The van der Waals surface area contributed by atoms with Gasteiger partial charge in [-0.1, -0.05) is 19.3 Å². The first-order chi connectivity index (χ1) is 8.83. The van der Waals surface area contributed by atoms with Crippen molar-refractivity contribution in [1.29, 1.82) is 0 Å². The van der Waals surface area contributed by atoms with Gasteiger partial charge in [-0.15, -0.1) is 0 Å². The summed E-state index contributed by atoms with van der Waals surface area (Å²) in [6, 6.07) is 0.409. The molecule has 0 saturated heterocycles. The molecule has 0 heterocycles. The van der Waals surface area contributed by atoms with Crippen LogP contribution in [0.15, 0.2) is 0 Å². The van der Waals surface area contributed by atoms with E-state index in [1.54, 1.807) is 0 Å². The third-order valence-electron chi connectivity index (χ3n) is 3.13. The Balaban J connectivity index is 1.90. The molecule has 106 valence electrons. The molecule has 18 heavy (non-hydrogen) atoms. The first kappa shape index (κ1) is 15.8. The second-order valence-electron chi connectivity index (χ2n) is 4.77. The molecule has 0 aromatic carbocycles. The van der Waals surface area contributed by atoms with E-state index < -0.39 is 0 Å². The van der Waals surface area contributed by atoms with Crippen molar-refractivity contribution in [2.24, 2.45) is 0 Å². The Morgan fingerprint density at radius 3 is 2.72 bits per heavy atom. The van der Waals surface area contributed by atoms with Gasteiger partial charge in [0.15, 0.2) is 0 Å². The molecule has 0 bridgehead atoms. The van der Waals surface area contributed by atoms with Crippen molar-refractivity contribution in [3.05, 3.63) is 0 Å². The minimum atomic E-state index is 0.127. The van der Waals surface area contributed by atoms with Crippen molar-refractivity contribution in [2.75, 3.05) is 31.2 Å².